The molecular weight excluding hydrogens is 260 g/mol. The van der Waals surface area contributed by atoms with Crippen LogP contribution in [0.5, 0.6) is 0 Å². The van der Waals surface area contributed by atoms with Gasteiger partial charge in [-0.3, -0.25) is 4.99 Å². The van der Waals surface area contributed by atoms with E-state index in [0.29, 0.717) is 0 Å². The third-order valence-corrected chi connectivity index (χ3v) is 4.10. The number of aliphatic imine (C=N–C) groups is 1. The van der Waals surface area contributed by atoms with E-state index < -0.39 is 0 Å². The molecular formula is C17H28N4. The second kappa shape index (κ2) is 8.67. The number of guanidine groups is 1. The second-order valence-corrected chi connectivity index (χ2v) is 5.68. The van der Waals surface area contributed by atoms with E-state index in [0.717, 1.165) is 25.6 Å². The summed E-state index contributed by atoms with van der Waals surface area (Å²) < 4.78 is 0. The quantitative estimate of drug-likeness (QED) is 0.644. The van der Waals surface area contributed by atoms with Gasteiger partial charge in [-0.05, 0) is 44.0 Å². The molecule has 1 heterocycles. The smallest absolute Gasteiger partial charge is 0.191 e. The Morgan fingerprint density at radius 2 is 1.90 bits per heavy atom. The maximum absolute atomic E-state index is 4.29. The summed E-state index contributed by atoms with van der Waals surface area (Å²) in [5, 5.41) is 6.79. The number of nitrogens with zero attached hydrogens (tertiary/aromatic N) is 2. The molecule has 0 spiro atoms. The van der Waals surface area contributed by atoms with Crippen molar-refractivity contribution in [1.82, 2.24) is 15.5 Å². The van der Waals surface area contributed by atoms with Crippen LogP contribution in [0.3, 0.4) is 0 Å². The van der Waals surface area contributed by atoms with Crippen LogP contribution in [-0.4, -0.2) is 44.1 Å². The molecule has 4 heteroatoms. The summed E-state index contributed by atoms with van der Waals surface area (Å²) in [6, 6.07) is 8.45. The van der Waals surface area contributed by atoms with E-state index in [1.54, 1.807) is 0 Å². The lowest BCUT2D eigenvalue weighted by Gasteiger charge is -2.26. The van der Waals surface area contributed by atoms with Gasteiger partial charge in [-0.1, -0.05) is 30.7 Å². The highest BCUT2D eigenvalue weighted by Gasteiger charge is 2.09. The maximum atomic E-state index is 4.29. The molecule has 0 bridgehead atoms. The summed E-state index contributed by atoms with van der Waals surface area (Å²) in [5.41, 5.74) is 2.63. The average molecular weight is 288 g/mol. The van der Waals surface area contributed by atoms with Crippen LogP contribution in [0.15, 0.2) is 29.3 Å². The Hall–Kier alpha value is -1.55. The molecule has 0 saturated carbocycles. The normalized spacial score (nSPS) is 16.8. The van der Waals surface area contributed by atoms with E-state index in [4.69, 9.17) is 0 Å². The predicted molar refractivity (Wildman–Crippen MR) is 89.7 cm³/mol. The van der Waals surface area contributed by atoms with Crippen LogP contribution in [-0.2, 0) is 6.54 Å². The van der Waals surface area contributed by atoms with Crippen LogP contribution in [0.25, 0.3) is 0 Å². The minimum absolute atomic E-state index is 0.816. The molecule has 2 N–H and O–H groups in total. The highest BCUT2D eigenvalue weighted by Crippen LogP contribution is 2.07. The molecule has 0 aliphatic carbocycles. The minimum atomic E-state index is 0.816. The number of aryl methyl sites for hydroxylation is 1. The van der Waals surface area contributed by atoms with Gasteiger partial charge in [-0.15, -0.1) is 0 Å². The van der Waals surface area contributed by atoms with E-state index in [-0.39, 0.29) is 0 Å². The van der Waals surface area contributed by atoms with Crippen molar-refractivity contribution in [2.45, 2.75) is 32.7 Å². The Morgan fingerprint density at radius 1 is 1.14 bits per heavy atom. The van der Waals surface area contributed by atoms with Crippen molar-refractivity contribution in [2.75, 3.05) is 33.2 Å². The first-order chi connectivity index (χ1) is 10.3. The topological polar surface area (TPSA) is 39.7 Å². The zero-order chi connectivity index (χ0) is 14.9. The monoisotopic (exact) mass is 288 g/mol. The van der Waals surface area contributed by atoms with Gasteiger partial charge in [0.1, 0.15) is 0 Å². The summed E-state index contributed by atoms with van der Waals surface area (Å²) in [6.45, 7) is 7.51. The summed E-state index contributed by atoms with van der Waals surface area (Å²) in [5.74, 6) is 0.885. The number of nitrogens with one attached hydrogen (secondary N) is 2. The van der Waals surface area contributed by atoms with E-state index in [9.17, 15) is 0 Å². The summed E-state index contributed by atoms with van der Waals surface area (Å²) in [7, 11) is 1.83. The fourth-order valence-corrected chi connectivity index (χ4v) is 2.72. The first-order valence-electron chi connectivity index (χ1n) is 8.01. The molecule has 4 nitrogen and oxygen atoms in total. The van der Waals surface area contributed by atoms with Gasteiger partial charge in [0.05, 0.1) is 0 Å². The third kappa shape index (κ3) is 5.38. The lowest BCUT2D eigenvalue weighted by molar-refractivity contribution is 0.232. The van der Waals surface area contributed by atoms with Crippen molar-refractivity contribution in [2.24, 2.45) is 4.99 Å². The molecule has 0 radical (unpaired) electrons. The van der Waals surface area contributed by atoms with Crippen molar-refractivity contribution in [3.63, 3.8) is 0 Å². The molecule has 0 atom stereocenters. The van der Waals surface area contributed by atoms with Crippen LogP contribution in [0, 0.1) is 6.92 Å². The molecule has 0 aromatic heterocycles. The number of benzene rings is 1. The fraction of sp³-hybridized carbons (Fsp3) is 0.588. The van der Waals surface area contributed by atoms with Crippen LogP contribution in [0.1, 0.15) is 30.4 Å². The Morgan fingerprint density at radius 3 is 2.62 bits per heavy atom. The van der Waals surface area contributed by atoms with Crippen LogP contribution < -0.4 is 10.6 Å². The average Bonchev–Trinajstić information content (AvgIpc) is 2.53. The lowest BCUT2D eigenvalue weighted by atomic mass is 10.1. The van der Waals surface area contributed by atoms with E-state index in [1.807, 2.05) is 7.05 Å². The Labute approximate surface area is 128 Å². The zero-order valence-corrected chi connectivity index (χ0v) is 13.4. The van der Waals surface area contributed by atoms with Crippen molar-refractivity contribution < 1.29 is 0 Å². The third-order valence-electron chi connectivity index (χ3n) is 4.10. The van der Waals surface area contributed by atoms with Crippen molar-refractivity contribution in [3.8, 4) is 0 Å². The van der Waals surface area contributed by atoms with Gasteiger partial charge in [0.15, 0.2) is 5.96 Å². The van der Waals surface area contributed by atoms with Crippen molar-refractivity contribution in [3.05, 3.63) is 35.4 Å². The number of rotatable bonds is 5. The number of piperidine rings is 1. The Balaban J connectivity index is 1.69. The molecule has 116 valence electrons. The van der Waals surface area contributed by atoms with E-state index in [1.165, 1.54) is 43.5 Å². The zero-order valence-electron chi connectivity index (χ0n) is 13.4. The number of hydrogen-bond acceptors (Lipinski definition) is 2. The Bertz CT molecular complexity index is 450. The van der Waals surface area contributed by atoms with E-state index in [2.05, 4.69) is 51.7 Å². The van der Waals surface area contributed by atoms with Gasteiger partial charge in [0.25, 0.3) is 0 Å². The predicted octanol–water partition coefficient (Wildman–Crippen LogP) is 2.15. The summed E-state index contributed by atoms with van der Waals surface area (Å²) in [6.07, 6.45) is 4.09. The highest BCUT2D eigenvalue weighted by atomic mass is 15.2. The largest absolute Gasteiger partial charge is 0.355 e. The highest BCUT2D eigenvalue weighted by molar-refractivity contribution is 5.79. The van der Waals surface area contributed by atoms with Gasteiger partial charge >= 0.3 is 0 Å². The molecule has 0 amide bonds. The molecule has 2 rings (SSSR count). The Kier molecular flexibility index (Phi) is 6.54. The van der Waals surface area contributed by atoms with Gasteiger partial charge in [0, 0.05) is 26.7 Å². The van der Waals surface area contributed by atoms with Crippen LogP contribution in [0.2, 0.25) is 0 Å². The van der Waals surface area contributed by atoms with Gasteiger partial charge < -0.3 is 15.5 Å². The lowest BCUT2D eigenvalue weighted by Crippen LogP contribution is -2.42. The molecule has 0 unspecified atom stereocenters. The molecule has 1 aliphatic rings. The first-order valence-corrected chi connectivity index (χ1v) is 8.01. The van der Waals surface area contributed by atoms with Gasteiger partial charge in [-0.25, -0.2) is 0 Å². The molecule has 1 aromatic carbocycles. The first kappa shape index (κ1) is 15.8. The fourth-order valence-electron chi connectivity index (χ4n) is 2.72. The minimum Gasteiger partial charge on any atom is -0.355 e. The summed E-state index contributed by atoms with van der Waals surface area (Å²) >= 11 is 0. The second-order valence-electron chi connectivity index (χ2n) is 5.68. The van der Waals surface area contributed by atoms with Gasteiger partial charge in [-0.2, -0.15) is 0 Å². The molecule has 1 fully saturated rings. The van der Waals surface area contributed by atoms with Crippen molar-refractivity contribution in [1.29, 1.82) is 0 Å². The molecule has 1 aromatic rings. The van der Waals surface area contributed by atoms with Gasteiger partial charge in [0.2, 0.25) is 0 Å². The van der Waals surface area contributed by atoms with Crippen LogP contribution in [0.4, 0.5) is 0 Å². The number of likely N-dealkylation sites (tertiary alicyclic amines) is 1. The molecule has 21 heavy (non-hydrogen) atoms. The van der Waals surface area contributed by atoms with Crippen LogP contribution >= 0.6 is 0 Å². The summed E-state index contributed by atoms with van der Waals surface area (Å²) in [4.78, 5) is 6.82. The maximum Gasteiger partial charge on any atom is 0.191 e. The molecule has 1 saturated heterocycles. The van der Waals surface area contributed by atoms with E-state index >= 15 is 0 Å². The SMILES string of the molecule is CN=C(NCCN1CCCCC1)NCc1ccccc1C. The number of hydrogen-bond donors (Lipinski definition) is 2. The van der Waals surface area contributed by atoms with Crippen molar-refractivity contribution >= 4 is 5.96 Å². The standard InChI is InChI=1S/C17H28N4/c1-15-8-4-5-9-16(15)14-20-17(18-2)19-10-13-21-11-6-3-7-12-21/h4-5,8-9H,3,6-7,10-14H2,1-2H3,(H2,18,19,20). The molecule has 1 aliphatic heterocycles.